The number of carbonyl (C=O) groups is 1. The van der Waals surface area contributed by atoms with Crippen LogP contribution in [0.5, 0.6) is 11.5 Å². The summed E-state index contributed by atoms with van der Waals surface area (Å²) >= 11 is 5.92. The van der Waals surface area contributed by atoms with Crippen molar-refractivity contribution in [3.8, 4) is 11.5 Å². The molecule has 0 atom stereocenters. The first-order valence-corrected chi connectivity index (χ1v) is 11.4. The minimum atomic E-state index is -0.441. The maximum atomic E-state index is 12.3. The van der Waals surface area contributed by atoms with Crippen LogP contribution < -0.4 is 9.47 Å². The summed E-state index contributed by atoms with van der Waals surface area (Å²) < 4.78 is 11.1. The van der Waals surface area contributed by atoms with Crippen LogP contribution in [0.1, 0.15) is 54.9 Å². The van der Waals surface area contributed by atoms with Crippen LogP contribution in [-0.4, -0.2) is 18.8 Å². The summed E-state index contributed by atoms with van der Waals surface area (Å²) in [6.45, 7) is 2.97. The third-order valence-electron chi connectivity index (χ3n) is 4.87. The molecule has 0 aromatic heterocycles. The number of aliphatic imine (C=N–C) groups is 1. The van der Waals surface area contributed by atoms with Crippen LogP contribution in [0.4, 0.5) is 5.69 Å². The van der Waals surface area contributed by atoms with E-state index in [2.05, 4.69) is 11.9 Å². The Balaban J connectivity index is 1.48. The van der Waals surface area contributed by atoms with E-state index in [0.29, 0.717) is 16.3 Å². The minimum absolute atomic E-state index is 0.411. The van der Waals surface area contributed by atoms with Crippen molar-refractivity contribution in [1.82, 2.24) is 0 Å². The SMILES string of the molecule is CCCCCCCOc1ccc(C=Nc2ccc(C(=O)Oc3cccc(Cl)c3)cc2)cc1. The Labute approximate surface area is 194 Å². The van der Waals surface area contributed by atoms with Crippen molar-refractivity contribution in [3.05, 3.63) is 88.9 Å². The van der Waals surface area contributed by atoms with Crippen LogP contribution in [0.3, 0.4) is 0 Å². The van der Waals surface area contributed by atoms with Gasteiger partial charge >= 0.3 is 5.97 Å². The topological polar surface area (TPSA) is 47.9 Å². The zero-order valence-corrected chi connectivity index (χ0v) is 19.1. The van der Waals surface area contributed by atoms with Crippen LogP contribution in [-0.2, 0) is 0 Å². The lowest BCUT2D eigenvalue weighted by Gasteiger charge is -2.06. The van der Waals surface area contributed by atoms with Crippen molar-refractivity contribution in [3.63, 3.8) is 0 Å². The Bertz CT molecular complexity index is 1010. The van der Waals surface area contributed by atoms with Gasteiger partial charge in [0.15, 0.2) is 0 Å². The number of esters is 1. The van der Waals surface area contributed by atoms with Crippen molar-refractivity contribution in [2.75, 3.05) is 6.61 Å². The van der Waals surface area contributed by atoms with E-state index in [0.717, 1.165) is 30.0 Å². The Morgan fingerprint density at radius 2 is 1.66 bits per heavy atom. The van der Waals surface area contributed by atoms with Gasteiger partial charge in [-0.2, -0.15) is 0 Å². The predicted molar refractivity (Wildman–Crippen MR) is 131 cm³/mol. The summed E-state index contributed by atoms with van der Waals surface area (Å²) in [4.78, 5) is 16.7. The van der Waals surface area contributed by atoms with Gasteiger partial charge in [-0.05, 0) is 78.7 Å². The van der Waals surface area contributed by atoms with Gasteiger partial charge in [0.25, 0.3) is 0 Å². The third-order valence-corrected chi connectivity index (χ3v) is 5.10. The van der Waals surface area contributed by atoms with Gasteiger partial charge in [-0.1, -0.05) is 50.3 Å². The fourth-order valence-electron chi connectivity index (χ4n) is 3.07. The number of benzene rings is 3. The van der Waals surface area contributed by atoms with E-state index in [1.807, 2.05) is 24.3 Å². The van der Waals surface area contributed by atoms with Gasteiger partial charge in [-0.25, -0.2) is 4.79 Å². The maximum absolute atomic E-state index is 12.3. The summed E-state index contributed by atoms with van der Waals surface area (Å²) in [5, 5.41) is 0.516. The van der Waals surface area contributed by atoms with E-state index in [1.54, 1.807) is 54.7 Å². The summed E-state index contributed by atoms with van der Waals surface area (Å²) in [5.74, 6) is 0.845. The van der Waals surface area contributed by atoms with Gasteiger partial charge in [-0.15, -0.1) is 0 Å². The zero-order valence-electron chi connectivity index (χ0n) is 18.3. The molecular formula is C27H28ClNO3. The molecule has 0 aliphatic rings. The summed E-state index contributed by atoms with van der Waals surface area (Å²) in [6.07, 6.45) is 7.92. The normalized spacial score (nSPS) is 10.9. The second-order valence-corrected chi connectivity index (χ2v) is 7.92. The quantitative estimate of drug-likeness (QED) is 0.131. The van der Waals surface area contributed by atoms with E-state index in [9.17, 15) is 4.79 Å². The molecule has 0 saturated heterocycles. The highest BCUT2D eigenvalue weighted by molar-refractivity contribution is 6.30. The van der Waals surface area contributed by atoms with Gasteiger partial charge in [0.05, 0.1) is 17.9 Å². The molecule has 0 fully saturated rings. The Morgan fingerprint density at radius 3 is 2.38 bits per heavy atom. The van der Waals surface area contributed by atoms with Crippen LogP contribution >= 0.6 is 11.6 Å². The highest BCUT2D eigenvalue weighted by Crippen LogP contribution is 2.20. The standard InChI is InChI=1S/C27H28ClNO3/c1-2-3-4-5-6-18-31-25-16-10-21(11-17-25)20-29-24-14-12-22(13-15-24)27(30)32-26-9-7-8-23(28)19-26/h7-17,19-20H,2-6,18H2,1H3. The first-order valence-electron chi connectivity index (χ1n) is 11.0. The first kappa shape index (κ1) is 23.6. The van der Waals surface area contributed by atoms with Crippen LogP contribution in [0.15, 0.2) is 77.8 Å². The molecule has 0 saturated carbocycles. The molecule has 0 N–H and O–H groups in total. The van der Waals surface area contributed by atoms with Crippen molar-refractivity contribution in [2.24, 2.45) is 4.99 Å². The molecule has 3 aromatic rings. The van der Waals surface area contributed by atoms with Crippen molar-refractivity contribution in [2.45, 2.75) is 39.0 Å². The molecule has 0 aliphatic heterocycles. The van der Waals surface area contributed by atoms with Gasteiger partial charge in [0.2, 0.25) is 0 Å². The molecule has 0 heterocycles. The molecule has 4 nitrogen and oxygen atoms in total. The van der Waals surface area contributed by atoms with E-state index in [4.69, 9.17) is 21.1 Å². The zero-order chi connectivity index (χ0) is 22.6. The van der Waals surface area contributed by atoms with Crippen LogP contribution in [0, 0.1) is 0 Å². The van der Waals surface area contributed by atoms with E-state index >= 15 is 0 Å². The molecule has 3 rings (SSSR count). The lowest BCUT2D eigenvalue weighted by atomic mass is 10.2. The lowest BCUT2D eigenvalue weighted by molar-refractivity contribution is 0.0735. The second kappa shape index (κ2) is 12.7. The second-order valence-electron chi connectivity index (χ2n) is 7.48. The van der Waals surface area contributed by atoms with Crippen molar-refractivity contribution >= 4 is 29.5 Å². The molecule has 0 amide bonds. The number of hydrogen-bond acceptors (Lipinski definition) is 4. The largest absolute Gasteiger partial charge is 0.494 e. The average Bonchev–Trinajstić information content (AvgIpc) is 2.81. The number of ether oxygens (including phenoxy) is 2. The lowest BCUT2D eigenvalue weighted by Crippen LogP contribution is -2.07. The summed E-state index contributed by atoms with van der Waals surface area (Å²) in [7, 11) is 0. The van der Waals surface area contributed by atoms with Gasteiger partial charge in [0.1, 0.15) is 11.5 Å². The van der Waals surface area contributed by atoms with Crippen LogP contribution in [0.25, 0.3) is 0 Å². The number of carbonyl (C=O) groups excluding carboxylic acids is 1. The monoisotopic (exact) mass is 449 g/mol. The minimum Gasteiger partial charge on any atom is -0.494 e. The third kappa shape index (κ3) is 7.86. The van der Waals surface area contributed by atoms with Crippen molar-refractivity contribution in [1.29, 1.82) is 0 Å². The van der Waals surface area contributed by atoms with Gasteiger partial charge in [-0.3, -0.25) is 4.99 Å². The molecule has 0 bridgehead atoms. The first-order chi connectivity index (χ1) is 15.6. The highest BCUT2D eigenvalue weighted by atomic mass is 35.5. The molecule has 0 aliphatic carbocycles. The van der Waals surface area contributed by atoms with Gasteiger partial charge < -0.3 is 9.47 Å². The number of nitrogens with zero attached hydrogens (tertiary/aromatic N) is 1. The molecule has 0 radical (unpaired) electrons. The number of hydrogen-bond donors (Lipinski definition) is 0. The number of unbranched alkanes of at least 4 members (excludes halogenated alkanes) is 4. The van der Waals surface area contributed by atoms with Gasteiger partial charge in [0, 0.05) is 11.2 Å². The molecule has 5 heteroatoms. The van der Waals surface area contributed by atoms with Crippen molar-refractivity contribution < 1.29 is 14.3 Å². The van der Waals surface area contributed by atoms with E-state index < -0.39 is 5.97 Å². The molecule has 3 aromatic carbocycles. The number of rotatable bonds is 11. The van der Waals surface area contributed by atoms with E-state index in [1.165, 1.54) is 25.7 Å². The van der Waals surface area contributed by atoms with E-state index in [-0.39, 0.29) is 0 Å². The summed E-state index contributed by atoms with van der Waals surface area (Å²) in [5.41, 5.74) is 2.17. The molecule has 0 spiro atoms. The maximum Gasteiger partial charge on any atom is 0.343 e. The molecule has 32 heavy (non-hydrogen) atoms. The Hall–Kier alpha value is -3.11. The predicted octanol–water partition coefficient (Wildman–Crippen LogP) is 7.66. The average molecular weight is 450 g/mol. The fourth-order valence-corrected chi connectivity index (χ4v) is 3.26. The molecule has 166 valence electrons. The highest BCUT2D eigenvalue weighted by Gasteiger charge is 2.08. The summed E-state index contributed by atoms with van der Waals surface area (Å²) in [6, 6.07) is 21.6. The number of halogens is 1. The smallest absolute Gasteiger partial charge is 0.343 e. The Morgan fingerprint density at radius 1 is 0.906 bits per heavy atom. The fraction of sp³-hybridized carbons (Fsp3) is 0.259. The molecular weight excluding hydrogens is 422 g/mol. The molecule has 0 unspecified atom stereocenters. The Kier molecular flexibility index (Phi) is 9.33. The van der Waals surface area contributed by atoms with Crippen LogP contribution in [0.2, 0.25) is 5.02 Å².